The van der Waals surface area contributed by atoms with E-state index in [0.29, 0.717) is 5.75 Å². The molecule has 1 aliphatic heterocycles. The van der Waals surface area contributed by atoms with Gasteiger partial charge in [-0.15, -0.1) is 11.8 Å². The minimum atomic E-state index is -0.480. The van der Waals surface area contributed by atoms with Gasteiger partial charge in [0, 0.05) is 30.3 Å². The minimum absolute atomic E-state index is 0.000158. The van der Waals surface area contributed by atoms with Crippen molar-refractivity contribution in [3.63, 3.8) is 0 Å². The Morgan fingerprint density at radius 3 is 2.67 bits per heavy atom. The topological polar surface area (TPSA) is 47.6 Å². The molecular formula is C22H25NO3S. The van der Waals surface area contributed by atoms with Crippen molar-refractivity contribution in [3.8, 4) is 11.5 Å². The Bertz CT molecular complexity index is 830. The molecule has 0 unspecified atom stereocenters. The van der Waals surface area contributed by atoms with Crippen molar-refractivity contribution in [2.45, 2.75) is 50.6 Å². The van der Waals surface area contributed by atoms with E-state index in [4.69, 9.17) is 9.47 Å². The molecule has 0 radical (unpaired) electrons. The summed E-state index contributed by atoms with van der Waals surface area (Å²) < 4.78 is 12.2. The maximum atomic E-state index is 12.3. The molecule has 1 N–H and O–H groups in total. The van der Waals surface area contributed by atoms with Crippen molar-refractivity contribution >= 4 is 23.4 Å². The number of benzene rings is 2. The first-order valence-electron chi connectivity index (χ1n) is 9.58. The van der Waals surface area contributed by atoms with E-state index in [1.54, 1.807) is 11.8 Å². The molecule has 27 heavy (non-hydrogen) atoms. The van der Waals surface area contributed by atoms with Gasteiger partial charge in [0.2, 0.25) is 5.91 Å². The molecule has 1 saturated carbocycles. The summed E-state index contributed by atoms with van der Waals surface area (Å²) in [5.74, 6) is 2.30. The van der Waals surface area contributed by atoms with E-state index >= 15 is 0 Å². The van der Waals surface area contributed by atoms with Gasteiger partial charge in [-0.3, -0.25) is 4.79 Å². The van der Waals surface area contributed by atoms with Crippen molar-refractivity contribution in [3.05, 3.63) is 53.6 Å². The fraction of sp³-hybridized carbons (Fsp3) is 0.409. The van der Waals surface area contributed by atoms with E-state index in [0.717, 1.165) is 48.6 Å². The predicted molar refractivity (Wildman–Crippen MR) is 109 cm³/mol. The molecule has 2 aromatic carbocycles. The standard InChI is InChI=1S/C22H25NO3S/c1-16-7-3-4-8-17(16)14-27-15-21(24)23-18-9-10-19-20(13-18)26-22(25-19)11-5-2-6-12-22/h3-4,7-10,13H,2,5-6,11-12,14-15H2,1H3,(H,23,24). The Balaban J connectivity index is 1.31. The van der Waals surface area contributed by atoms with E-state index in [1.807, 2.05) is 30.3 Å². The van der Waals surface area contributed by atoms with Gasteiger partial charge in [-0.25, -0.2) is 0 Å². The summed E-state index contributed by atoms with van der Waals surface area (Å²) >= 11 is 1.62. The second-order valence-electron chi connectivity index (χ2n) is 7.30. The van der Waals surface area contributed by atoms with Crippen molar-refractivity contribution in [1.29, 1.82) is 0 Å². The molecule has 5 heteroatoms. The van der Waals surface area contributed by atoms with Crippen LogP contribution >= 0.6 is 11.8 Å². The van der Waals surface area contributed by atoms with Gasteiger partial charge in [-0.1, -0.05) is 30.7 Å². The Hall–Kier alpha value is -2.14. The Morgan fingerprint density at radius 2 is 1.85 bits per heavy atom. The number of carbonyl (C=O) groups excluding carboxylic acids is 1. The van der Waals surface area contributed by atoms with Gasteiger partial charge >= 0.3 is 0 Å². The molecule has 1 aliphatic carbocycles. The average Bonchev–Trinajstić information content (AvgIpc) is 3.00. The van der Waals surface area contributed by atoms with Crippen LogP contribution in [0.3, 0.4) is 0 Å². The van der Waals surface area contributed by atoms with Crippen molar-refractivity contribution in [2.75, 3.05) is 11.1 Å². The Kier molecular flexibility index (Phi) is 5.30. The highest BCUT2D eigenvalue weighted by Gasteiger charge is 2.42. The number of hydrogen-bond acceptors (Lipinski definition) is 4. The van der Waals surface area contributed by atoms with Gasteiger partial charge < -0.3 is 14.8 Å². The molecule has 0 atom stereocenters. The zero-order chi connectivity index (χ0) is 18.7. The third kappa shape index (κ3) is 4.24. The summed E-state index contributed by atoms with van der Waals surface area (Å²) in [6.45, 7) is 2.10. The number of carbonyl (C=O) groups is 1. The number of rotatable bonds is 5. The first-order chi connectivity index (χ1) is 13.1. The number of fused-ring (bicyclic) bond motifs is 1. The molecule has 4 rings (SSSR count). The fourth-order valence-electron chi connectivity index (χ4n) is 3.69. The van der Waals surface area contributed by atoms with Crippen LogP contribution in [0.1, 0.15) is 43.2 Å². The van der Waals surface area contributed by atoms with Gasteiger partial charge in [-0.2, -0.15) is 0 Å². The van der Waals surface area contributed by atoms with Gasteiger partial charge in [-0.05, 0) is 43.0 Å². The molecule has 1 spiro atoms. The van der Waals surface area contributed by atoms with Crippen LogP contribution in [-0.4, -0.2) is 17.4 Å². The SMILES string of the molecule is Cc1ccccc1CSCC(=O)Nc1ccc2c(c1)OC1(CCCCC1)O2. The quantitative estimate of drug-likeness (QED) is 0.761. The summed E-state index contributed by atoms with van der Waals surface area (Å²) in [6, 6.07) is 13.9. The number of thioether (sulfide) groups is 1. The first kappa shape index (κ1) is 18.2. The molecule has 4 nitrogen and oxygen atoms in total. The molecule has 0 saturated heterocycles. The minimum Gasteiger partial charge on any atom is -0.448 e. The number of aryl methyl sites for hydroxylation is 1. The number of amides is 1. The molecule has 0 aromatic heterocycles. The lowest BCUT2D eigenvalue weighted by atomic mass is 9.94. The highest BCUT2D eigenvalue weighted by molar-refractivity contribution is 7.99. The van der Waals surface area contributed by atoms with E-state index < -0.39 is 5.79 Å². The molecule has 2 aliphatic rings. The molecule has 142 valence electrons. The maximum Gasteiger partial charge on any atom is 0.251 e. The highest BCUT2D eigenvalue weighted by Crippen LogP contribution is 2.46. The lowest BCUT2D eigenvalue weighted by Crippen LogP contribution is -2.40. The Morgan fingerprint density at radius 1 is 1.07 bits per heavy atom. The van der Waals surface area contributed by atoms with Crippen LogP contribution in [0.25, 0.3) is 0 Å². The Labute approximate surface area is 164 Å². The van der Waals surface area contributed by atoms with E-state index in [2.05, 4.69) is 24.4 Å². The molecule has 1 heterocycles. The second-order valence-corrected chi connectivity index (χ2v) is 8.29. The number of ether oxygens (including phenoxy) is 2. The predicted octanol–water partition coefficient (Wildman–Crippen LogP) is 5.30. The third-order valence-corrected chi connectivity index (χ3v) is 6.17. The van der Waals surface area contributed by atoms with Gasteiger partial charge in [0.05, 0.1) is 5.75 Å². The van der Waals surface area contributed by atoms with Crippen molar-refractivity contribution < 1.29 is 14.3 Å². The number of hydrogen-bond donors (Lipinski definition) is 1. The summed E-state index contributed by atoms with van der Waals surface area (Å²) in [5.41, 5.74) is 3.29. The van der Waals surface area contributed by atoms with Gasteiger partial charge in [0.25, 0.3) is 5.79 Å². The second kappa shape index (κ2) is 7.85. The molecule has 1 amide bonds. The van der Waals surface area contributed by atoms with Gasteiger partial charge in [0.1, 0.15) is 0 Å². The first-order valence-corrected chi connectivity index (χ1v) is 10.7. The maximum absolute atomic E-state index is 12.3. The zero-order valence-corrected chi connectivity index (χ0v) is 16.4. The van der Waals surface area contributed by atoms with E-state index in [-0.39, 0.29) is 5.91 Å². The van der Waals surface area contributed by atoms with E-state index in [1.165, 1.54) is 17.5 Å². The summed E-state index contributed by atoms with van der Waals surface area (Å²) in [4.78, 5) is 12.3. The van der Waals surface area contributed by atoms with Crippen LogP contribution in [-0.2, 0) is 10.5 Å². The zero-order valence-electron chi connectivity index (χ0n) is 15.6. The van der Waals surface area contributed by atoms with Crippen LogP contribution in [0.4, 0.5) is 5.69 Å². The van der Waals surface area contributed by atoms with Crippen LogP contribution in [0, 0.1) is 6.92 Å². The van der Waals surface area contributed by atoms with E-state index in [9.17, 15) is 4.79 Å². The molecule has 2 aromatic rings. The number of anilines is 1. The average molecular weight is 384 g/mol. The summed E-state index contributed by atoms with van der Waals surface area (Å²) in [5, 5.41) is 2.97. The van der Waals surface area contributed by atoms with Crippen molar-refractivity contribution in [1.82, 2.24) is 0 Å². The summed E-state index contributed by atoms with van der Waals surface area (Å²) in [6.07, 6.45) is 5.37. The third-order valence-electron chi connectivity index (χ3n) is 5.19. The fourth-order valence-corrected chi connectivity index (χ4v) is 4.59. The smallest absolute Gasteiger partial charge is 0.251 e. The van der Waals surface area contributed by atoms with Crippen LogP contribution in [0.5, 0.6) is 11.5 Å². The molecule has 1 fully saturated rings. The number of nitrogens with one attached hydrogen (secondary N) is 1. The summed E-state index contributed by atoms with van der Waals surface area (Å²) in [7, 11) is 0. The highest BCUT2D eigenvalue weighted by atomic mass is 32.2. The van der Waals surface area contributed by atoms with Crippen molar-refractivity contribution in [2.24, 2.45) is 0 Å². The largest absolute Gasteiger partial charge is 0.448 e. The van der Waals surface area contributed by atoms with Crippen LogP contribution < -0.4 is 14.8 Å². The lowest BCUT2D eigenvalue weighted by Gasteiger charge is -2.31. The monoisotopic (exact) mass is 383 g/mol. The normalized spacial score (nSPS) is 17.1. The molecule has 0 bridgehead atoms. The lowest BCUT2D eigenvalue weighted by molar-refractivity contribution is -0.113. The molecular weight excluding hydrogens is 358 g/mol. The van der Waals surface area contributed by atoms with Crippen LogP contribution in [0.2, 0.25) is 0 Å². The van der Waals surface area contributed by atoms with Crippen LogP contribution in [0.15, 0.2) is 42.5 Å². The van der Waals surface area contributed by atoms with Gasteiger partial charge in [0.15, 0.2) is 11.5 Å².